The van der Waals surface area contributed by atoms with Crippen LogP contribution in [0.1, 0.15) is 0 Å². The Kier molecular flexibility index (Phi) is 4.39. The van der Waals surface area contributed by atoms with Gasteiger partial charge in [-0.3, -0.25) is 10.3 Å². The van der Waals surface area contributed by atoms with Gasteiger partial charge in [-0.25, -0.2) is 9.97 Å². The first kappa shape index (κ1) is 15.2. The van der Waals surface area contributed by atoms with Crippen molar-refractivity contribution < 1.29 is 0 Å². The highest BCUT2D eigenvalue weighted by Crippen LogP contribution is 2.29. The Hall–Kier alpha value is -2.66. The molecule has 0 atom stereocenters. The van der Waals surface area contributed by atoms with E-state index in [-0.39, 0.29) is 0 Å². The number of rotatable bonds is 2. The second kappa shape index (κ2) is 6.62. The summed E-state index contributed by atoms with van der Waals surface area (Å²) in [7, 11) is 3.48. The lowest BCUT2D eigenvalue weighted by Gasteiger charge is -2.11. The highest BCUT2D eigenvalue weighted by atomic mass is 35.5. The molecule has 0 radical (unpaired) electrons. The predicted octanol–water partition coefficient (Wildman–Crippen LogP) is 3.57. The number of nitrogens with zero attached hydrogens (tertiary/aromatic N) is 3. The monoisotopic (exact) mass is 325 g/mol. The highest BCUT2D eigenvalue weighted by molar-refractivity contribution is 6.31. The third-order valence-corrected chi connectivity index (χ3v) is 3.63. The van der Waals surface area contributed by atoms with Gasteiger partial charge in [0.2, 0.25) is 5.95 Å². The number of hydrogen-bond donors (Lipinski definition) is 2. The summed E-state index contributed by atoms with van der Waals surface area (Å²) in [6, 6.07) is 15.6. The number of guanidine groups is 1. The fourth-order valence-electron chi connectivity index (χ4n) is 2.31. The summed E-state index contributed by atoms with van der Waals surface area (Å²) in [5, 5.41) is 7.60. The van der Waals surface area contributed by atoms with Gasteiger partial charge >= 0.3 is 0 Å². The van der Waals surface area contributed by atoms with Crippen molar-refractivity contribution in [2.45, 2.75) is 0 Å². The normalized spacial score (nSPS) is 11.5. The molecule has 0 amide bonds. The van der Waals surface area contributed by atoms with E-state index < -0.39 is 0 Å². The number of anilines is 1. The lowest BCUT2D eigenvalue weighted by Crippen LogP contribution is -2.27. The molecular formula is C17H16ClN5. The van der Waals surface area contributed by atoms with E-state index in [1.165, 1.54) is 0 Å². The SMILES string of the molecule is CN=C(NC)Nc1nc(-c2ccccc2)c2cc(Cl)ccc2n1. The van der Waals surface area contributed by atoms with Crippen LogP contribution in [0.25, 0.3) is 22.2 Å². The third kappa shape index (κ3) is 3.24. The Bertz CT molecular complexity index is 861. The zero-order valence-electron chi connectivity index (χ0n) is 12.8. The van der Waals surface area contributed by atoms with E-state index in [4.69, 9.17) is 11.6 Å². The second-order valence-electron chi connectivity index (χ2n) is 4.87. The molecule has 116 valence electrons. The number of halogens is 1. The van der Waals surface area contributed by atoms with Crippen molar-refractivity contribution in [3.05, 3.63) is 53.6 Å². The van der Waals surface area contributed by atoms with Gasteiger partial charge in [0.25, 0.3) is 0 Å². The standard InChI is InChI=1S/C17H16ClN5/c1-19-16(20-2)23-17-21-14-9-8-12(18)10-13(14)15(22-17)11-6-4-3-5-7-11/h3-10H,1-2H3,(H2,19,20,21,22,23). The molecule has 0 aliphatic carbocycles. The van der Waals surface area contributed by atoms with Crippen molar-refractivity contribution in [1.82, 2.24) is 15.3 Å². The molecule has 1 aromatic heterocycles. The van der Waals surface area contributed by atoms with Gasteiger partial charge < -0.3 is 5.32 Å². The van der Waals surface area contributed by atoms with Crippen LogP contribution in [0.5, 0.6) is 0 Å². The summed E-state index contributed by atoms with van der Waals surface area (Å²) < 4.78 is 0. The van der Waals surface area contributed by atoms with Crippen LogP contribution in [-0.2, 0) is 0 Å². The predicted molar refractivity (Wildman–Crippen MR) is 96.0 cm³/mol. The summed E-state index contributed by atoms with van der Waals surface area (Å²) in [6.07, 6.45) is 0. The molecule has 5 nitrogen and oxygen atoms in total. The number of aromatic nitrogens is 2. The van der Waals surface area contributed by atoms with Gasteiger partial charge in [-0.2, -0.15) is 0 Å². The van der Waals surface area contributed by atoms with Gasteiger partial charge in [-0.05, 0) is 18.2 Å². The number of nitrogens with one attached hydrogen (secondary N) is 2. The minimum atomic E-state index is 0.480. The summed E-state index contributed by atoms with van der Waals surface area (Å²) in [6.45, 7) is 0. The first-order valence-electron chi connectivity index (χ1n) is 7.15. The molecule has 3 aromatic rings. The first-order chi connectivity index (χ1) is 11.2. The maximum Gasteiger partial charge on any atom is 0.230 e. The quantitative estimate of drug-likeness (QED) is 0.558. The van der Waals surface area contributed by atoms with E-state index >= 15 is 0 Å². The molecule has 0 spiro atoms. The fraction of sp³-hybridized carbons (Fsp3) is 0.118. The van der Waals surface area contributed by atoms with Crippen molar-refractivity contribution in [2.75, 3.05) is 19.4 Å². The van der Waals surface area contributed by atoms with Gasteiger partial charge in [0.15, 0.2) is 5.96 Å². The van der Waals surface area contributed by atoms with Crippen LogP contribution >= 0.6 is 11.6 Å². The van der Waals surface area contributed by atoms with Gasteiger partial charge in [0, 0.05) is 30.1 Å². The van der Waals surface area contributed by atoms with Crippen LogP contribution < -0.4 is 10.6 Å². The Balaban J connectivity index is 2.20. The summed E-state index contributed by atoms with van der Waals surface area (Å²) in [5.74, 6) is 1.07. The van der Waals surface area contributed by atoms with E-state index in [1.54, 1.807) is 14.1 Å². The molecule has 0 bridgehead atoms. The topological polar surface area (TPSA) is 62.2 Å². The molecule has 2 aromatic carbocycles. The lowest BCUT2D eigenvalue weighted by atomic mass is 10.1. The third-order valence-electron chi connectivity index (χ3n) is 3.40. The highest BCUT2D eigenvalue weighted by Gasteiger charge is 2.11. The van der Waals surface area contributed by atoms with E-state index in [2.05, 4.69) is 25.6 Å². The Morgan fingerprint density at radius 1 is 1.09 bits per heavy atom. The van der Waals surface area contributed by atoms with Gasteiger partial charge in [0.05, 0.1) is 11.2 Å². The van der Waals surface area contributed by atoms with Gasteiger partial charge in [-0.15, -0.1) is 0 Å². The number of fused-ring (bicyclic) bond motifs is 1. The lowest BCUT2D eigenvalue weighted by molar-refractivity contribution is 1.12. The van der Waals surface area contributed by atoms with Crippen LogP contribution in [0.3, 0.4) is 0 Å². The maximum absolute atomic E-state index is 6.15. The molecule has 0 aliphatic rings. The molecule has 1 heterocycles. The Labute approximate surface area is 139 Å². The summed E-state index contributed by atoms with van der Waals surface area (Å²) >= 11 is 6.15. The molecule has 0 aliphatic heterocycles. The van der Waals surface area contributed by atoms with Gasteiger partial charge in [0.1, 0.15) is 0 Å². The van der Waals surface area contributed by atoms with E-state index in [9.17, 15) is 0 Å². The van der Waals surface area contributed by atoms with Crippen molar-refractivity contribution in [3.63, 3.8) is 0 Å². The number of hydrogen-bond acceptors (Lipinski definition) is 3. The second-order valence-corrected chi connectivity index (χ2v) is 5.31. The zero-order chi connectivity index (χ0) is 16.2. The minimum absolute atomic E-state index is 0.480. The Morgan fingerprint density at radius 3 is 2.57 bits per heavy atom. The van der Waals surface area contributed by atoms with Crippen LogP contribution in [0.15, 0.2) is 53.5 Å². The van der Waals surface area contributed by atoms with E-state index in [0.29, 0.717) is 16.9 Å². The molecule has 2 N–H and O–H groups in total. The summed E-state index contributed by atoms with van der Waals surface area (Å²) in [4.78, 5) is 13.3. The van der Waals surface area contributed by atoms with Crippen molar-refractivity contribution in [3.8, 4) is 11.3 Å². The maximum atomic E-state index is 6.15. The van der Waals surface area contributed by atoms with Crippen LogP contribution in [0, 0.1) is 0 Å². The molecule has 3 rings (SSSR count). The van der Waals surface area contributed by atoms with Crippen molar-refractivity contribution in [2.24, 2.45) is 4.99 Å². The van der Waals surface area contributed by atoms with Crippen LogP contribution in [0.2, 0.25) is 5.02 Å². The first-order valence-corrected chi connectivity index (χ1v) is 7.53. The Morgan fingerprint density at radius 2 is 1.87 bits per heavy atom. The van der Waals surface area contributed by atoms with Crippen LogP contribution in [0.4, 0.5) is 5.95 Å². The average Bonchev–Trinajstić information content (AvgIpc) is 2.60. The van der Waals surface area contributed by atoms with E-state index in [1.807, 2.05) is 48.5 Å². The molecule has 0 saturated carbocycles. The largest absolute Gasteiger partial charge is 0.359 e. The number of benzene rings is 2. The van der Waals surface area contributed by atoms with E-state index in [0.717, 1.165) is 22.2 Å². The van der Waals surface area contributed by atoms with Gasteiger partial charge in [-0.1, -0.05) is 41.9 Å². The zero-order valence-corrected chi connectivity index (χ0v) is 13.6. The van der Waals surface area contributed by atoms with Crippen molar-refractivity contribution >= 4 is 34.4 Å². The minimum Gasteiger partial charge on any atom is -0.359 e. The van der Waals surface area contributed by atoms with Crippen molar-refractivity contribution in [1.29, 1.82) is 0 Å². The molecule has 0 fully saturated rings. The summed E-state index contributed by atoms with van der Waals surface area (Å²) in [5.41, 5.74) is 2.65. The van der Waals surface area contributed by atoms with Crippen LogP contribution in [-0.4, -0.2) is 30.0 Å². The number of aliphatic imine (C=N–C) groups is 1. The molecule has 23 heavy (non-hydrogen) atoms. The molecule has 0 unspecified atom stereocenters. The fourth-order valence-corrected chi connectivity index (χ4v) is 2.48. The molecular weight excluding hydrogens is 310 g/mol. The average molecular weight is 326 g/mol. The molecule has 0 saturated heterocycles. The molecule has 6 heteroatoms. The smallest absolute Gasteiger partial charge is 0.230 e.